The van der Waals surface area contributed by atoms with E-state index in [1.165, 1.54) is 53.1 Å². The van der Waals surface area contributed by atoms with Crippen LogP contribution in [0, 0.1) is 0 Å². The van der Waals surface area contributed by atoms with Crippen molar-refractivity contribution in [2.24, 2.45) is 0 Å². The SMILES string of the molecule is CCCCC1(CCCC)c2cc(B(O)O)ccc2-c2ccc([Si](C)(C)C)cc21. The van der Waals surface area contributed by atoms with Crippen molar-refractivity contribution in [3.8, 4) is 11.1 Å². The summed E-state index contributed by atoms with van der Waals surface area (Å²) in [5, 5.41) is 21.1. The van der Waals surface area contributed by atoms with Gasteiger partial charge in [0.05, 0.1) is 8.07 Å². The fourth-order valence-corrected chi connectivity index (χ4v) is 5.92. The molecule has 0 saturated carbocycles. The third-order valence-electron chi connectivity index (χ3n) is 6.46. The molecule has 2 aromatic rings. The number of fused-ring (bicyclic) bond motifs is 3. The van der Waals surface area contributed by atoms with Gasteiger partial charge in [0.25, 0.3) is 0 Å². The molecule has 0 unspecified atom stereocenters. The van der Waals surface area contributed by atoms with Crippen LogP contribution in [-0.2, 0) is 5.41 Å². The van der Waals surface area contributed by atoms with Crippen molar-refractivity contribution in [2.75, 3.05) is 0 Å². The predicted molar refractivity (Wildman–Crippen MR) is 125 cm³/mol. The summed E-state index contributed by atoms with van der Waals surface area (Å²) in [6.07, 6.45) is 6.98. The van der Waals surface area contributed by atoms with Gasteiger partial charge in [0.1, 0.15) is 0 Å². The van der Waals surface area contributed by atoms with E-state index in [4.69, 9.17) is 0 Å². The molecule has 1 aliphatic rings. The van der Waals surface area contributed by atoms with E-state index in [2.05, 4.69) is 63.8 Å². The van der Waals surface area contributed by atoms with Gasteiger partial charge < -0.3 is 10.0 Å². The Hall–Kier alpha value is -1.36. The minimum absolute atomic E-state index is 0.00273. The van der Waals surface area contributed by atoms with Crippen molar-refractivity contribution in [3.05, 3.63) is 47.5 Å². The molecule has 0 heterocycles. The molecule has 0 radical (unpaired) electrons. The van der Waals surface area contributed by atoms with Crippen molar-refractivity contribution in [3.63, 3.8) is 0 Å². The Morgan fingerprint density at radius 3 is 1.86 bits per heavy atom. The lowest BCUT2D eigenvalue weighted by molar-refractivity contribution is 0.413. The van der Waals surface area contributed by atoms with Gasteiger partial charge in [-0.25, -0.2) is 0 Å². The molecule has 2 aromatic carbocycles. The molecular formula is C24H35BO2Si. The topological polar surface area (TPSA) is 40.5 Å². The summed E-state index contributed by atoms with van der Waals surface area (Å²) in [5.41, 5.74) is 6.03. The van der Waals surface area contributed by atoms with Crippen LogP contribution in [0.2, 0.25) is 19.6 Å². The zero-order chi connectivity index (χ0) is 20.5. The number of benzene rings is 2. The van der Waals surface area contributed by atoms with Crippen LogP contribution in [0.5, 0.6) is 0 Å². The first kappa shape index (κ1) is 21.4. The van der Waals surface area contributed by atoms with E-state index < -0.39 is 15.2 Å². The molecule has 0 saturated heterocycles. The van der Waals surface area contributed by atoms with Gasteiger partial charge in [-0.1, -0.05) is 101 Å². The monoisotopic (exact) mass is 394 g/mol. The Morgan fingerprint density at radius 1 is 0.821 bits per heavy atom. The molecule has 0 spiro atoms. The molecule has 3 rings (SSSR count). The van der Waals surface area contributed by atoms with Crippen molar-refractivity contribution in [1.29, 1.82) is 0 Å². The molecule has 4 heteroatoms. The average molecular weight is 394 g/mol. The highest BCUT2D eigenvalue weighted by molar-refractivity contribution is 6.88. The van der Waals surface area contributed by atoms with Crippen LogP contribution in [-0.4, -0.2) is 25.2 Å². The Balaban J connectivity index is 2.27. The van der Waals surface area contributed by atoms with E-state index in [-0.39, 0.29) is 5.41 Å². The number of hydrogen-bond acceptors (Lipinski definition) is 2. The fraction of sp³-hybridized carbons (Fsp3) is 0.500. The highest BCUT2D eigenvalue weighted by atomic mass is 28.3. The van der Waals surface area contributed by atoms with Crippen LogP contribution in [0.1, 0.15) is 63.5 Å². The maximum Gasteiger partial charge on any atom is 0.488 e. The maximum atomic E-state index is 9.81. The number of hydrogen-bond donors (Lipinski definition) is 2. The lowest BCUT2D eigenvalue weighted by Gasteiger charge is -2.34. The Kier molecular flexibility index (Phi) is 6.23. The Morgan fingerprint density at radius 2 is 1.36 bits per heavy atom. The molecule has 2 N–H and O–H groups in total. The molecule has 0 amide bonds. The van der Waals surface area contributed by atoms with Crippen molar-refractivity contribution < 1.29 is 10.0 Å². The van der Waals surface area contributed by atoms with Crippen LogP contribution in [0.3, 0.4) is 0 Å². The molecule has 0 aromatic heterocycles. The number of unbranched alkanes of at least 4 members (excludes halogenated alkanes) is 2. The van der Waals surface area contributed by atoms with E-state index in [0.29, 0.717) is 5.46 Å². The van der Waals surface area contributed by atoms with Gasteiger partial charge in [-0.2, -0.15) is 0 Å². The van der Waals surface area contributed by atoms with Gasteiger partial charge >= 0.3 is 7.12 Å². The van der Waals surface area contributed by atoms with E-state index in [1.807, 2.05) is 6.07 Å². The second kappa shape index (κ2) is 8.18. The average Bonchev–Trinajstić information content (AvgIpc) is 2.93. The van der Waals surface area contributed by atoms with E-state index in [1.54, 1.807) is 0 Å². The van der Waals surface area contributed by atoms with Crippen LogP contribution in [0.15, 0.2) is 36.4 Å². The van der Waals surface area contributed by atoms with Crippen molar-refractivity contribution in [1.82, 2.24) is 0 Å². The largest absolute Gasteiger partial charge is 0.488 e. The third kappa shape index (κ3) is 3.75. The molecule has 0 atom stereocenters. The third-order valence-corrected chi connectivity index (χ3v) is 8.51. The second-order valence-corrected chi connectivity index (χ2v) is 14.6. The van der Waals surface area contributed by atoms with Gasteiger partial charge in [-0.3, -0.25) is 0 Å². The fourth-order valence-electron chi connectivity index (χ4n) is 4.76. The van der Waals surface area contributed by atoms with Crippen LogP contribution >= 0.6 is 0 Å². The zero-order valence-electron chi connectivity index (χ0n) is 18.2. The van der Waals surface area contributed by atoms with E-state index in [0.717, 1.165) is 12.8 Å². The Bertz CT molecular complexity index is 831. The van der Waals surface area contributed by atoms with E-state index >= 15 is 0 Å². The van der Waals surface area contributed by atoms with Gasteiger partial charge in [0, 0.05) is 5.41 Å². The normalized spacial score (nSPS) is 14.7. The minimum atomic E-state index is -1.42. The van der Waals surface area contributed by atoms with Gasteiger partial charge in [-0.05, 0) is 40.6 Å². The highest BCUT2D eigenvalue weighted by Crippen LogP contribution is 2.53. The highest BCUT2D eigenvalue weighted by Gasteiger charge is 2.43. The smallest absolute Gasteiger partial charge is 0.423 e. The van der Waals surface area contributed by atoms with Gasteiger partial charge in [-0.15, -0.1) is 0 Å². The summed E-state index contributed by atoms with van der Waals surface area (Å²) < 4.78 is 0. The molecule has 0 bridgehead atoms. The summed E-state index contributed by atoms with van der Waals surface area (Å²) in [5.74, 6) is 0. The van der Waals surface area contributed by atoms with Crippen molar-refractivity contribution in [2.45, 2.75) is 77.4 Å². The van der Waals surface area contributed by atoms with Gasteiger partial charge in [0.15, 0.2) is 0 Å². The summed E-state index contributed by atoms with van der Waals surface area (Å²) in [6, 6.07) is 13.2. The Labute approximate surface area is 172 Å². The molecule has 28 heavy (non-hydrogen) atoms. The first-order valence-electron chi connectivity index (χ1n) is 10.9. The zero-order valence-corrected chi connectivity index (χ0v) is 19.2. The lowest BCUT2D eigenvalue weighted by Crippen LogP contribution is -2.39. The first-order valence-corrected chi connectivity index (χ1v) is 14.4. The lowest BCUT2D eigenvalue weighted by atomic mass is 9.69. The standard InChI is InChI=1S/C24H35BO2Si/c1-6-8-14-24(15-9-7-2)22-16-18(25(26)27)10-12-20(22)21-13-11-19(17-23(21)24)28(3,4)5/h10-13,16-17,26-27H,6-9,14-15H2,1-5H3. The summed E-state index contributed by atoms with van der Waals surface area (Å²) in [7, 11) is -2.83. The summed E-state index contributed by atoms with van der Waals surface area (Å²) >= 11 is 0. The quantitative estimate of drug-likeness (QED) is 0.645. The van der Waals surface area contributed by atoms with E-state index in [9.17, 15) is 10.0 Å². The molecule has 0 fully saturated rings. The summed E-state index contributed by atoms with van der Waals surface area (Å²) in [4.78, 5) is 0. The predicted octanol–water partition coefficient (Wildman–Crippen LogP) is 4.56. The summed E-state index contributed by atoms with van der Waals surface area (Å²) in [6.45, 7) is 11.8. The molecule has 1 aliphatic carbocycles. The second-order valence-electron chi connectivity index (χ2n) is 9.48. The minimum Gasteiger partial charge on any atom is -0.423 e. The van der Waals surface area contributed by atoms with Crippen LogP contribution in [0.25, 0.3) is 11.1 Å². The molecular weight excluding hydrogens is 359 g/mol. The first-order chi connectivity index (χ1) is 13.2. The van der Waals surface area contributed by atoms with Crippen molar-refractivity contribution >= 4 is 25.8 Å². The molecule has 0 aliphatic heterocycles. The molecule has 150 valence electrons. The molecule has 2 nitrogen and oxygen atoms in total. The van der Waals surface area contributed by atoms with Crippen LogP contribution in [0.4, 0.5) is 0 Å². The van der Waals surface area contributed by atoms with Crippen LogP contribution < -0.4 is 10.6 Å². The van der Waals surface area contributed by atoms with Gasteiger partial charge in [0.2, 0.25) is 0 Å². The maximum absolute atomic E-state index is 9.81. The number of rotatable bonds is 8.